The van der Waals surface area contributed by atoms with Gasteiger partial charge < -0.3 is 0 Å². The second kappa shape index (κ2) is 3.84. The van der Waals surface area contributed by atoms with E-state index in [0.717, 1.165) is 31.9 Å². The molecule has 0 spiro atoms. The van der Waals surface area contributed by atoms with Gasteiger partial charge in [0.15, 0.2) is 5.69 Å². The van der Waals surface area contributed by atoms with Gasteiger partial charge in [0.1, 0.15) is 6.17 Å². The molecule has 2 heterocycles. The maximum Gasteiger partial charge on any atom is 0.435 e. The number of aromatic nitrogens is 2. The van der Waals surface area contributed by atoms with Crippen LogP contribution in [0.5, 0.6) is 0 Å². The fourth-order valence-electron chi connectivity index (χ4n) is 1.72. The molecule has 1 aliphatic heterocycles. The second-order valence-electron chi connectivity index (χ2n) is 3.64. The van der Waals surface area contributed by atoms with Crippen molar-refractivity contribution < 1.29 is 13.2 Å². The molecule has 1 saturated heterocycles. The summed E-state index contributed by atoms with van der Waals surface area (Å²) in [6.45, 7) is 0.839. The molecule has 6 heteroatoms. The van der Waals surface area contributed by atoms with Gasteiger partial charge in [-0.05, 0) is 31.9 Å². The van der Waals surface area contributed by atoms with Crippen LogP contribution in [0.25, 0.3) is 0 Å². The number of rotatable bonds is 1. The predicted molar refractivity (Wildman–Crippen MR) is 48.1 cm³/mol. The van der Waals surface area contributed by atoms with Gasteiger partial charge in [0.25, 0.3) is 0 Å². The lowest BCUT2D eigenvalue weighted by molar-refractivity contribution is -0.141. The van der Waals surface area contributed by atoms with Crippen LogP contribution < -0.4 is 5.32 Å². The highest BCUT2D eigenvalue weighted by molar-refractivity contribution is 5.03. The van der Waals surface area contributed by atoms with Crippen molar-refractivity contribution in [1.29, 1.82) is 0 Å². The van der Waals surface area contributed by atoms with Crippen molar-refractivity contribution in [2.45, 2.75) is 31.6 Å². The Morgan fingerprint density at radius 1 is 1.40 bits per heavy atom. The first-order valence-corrected chi connectivity index (χ1v) is 4.93. The SMILES string of the molecule is FC(F)(F)c1ccn(C2CCCCN2)n1. The number of hydrogen-bond acceptors (Lipinski definition) is 2. The van der Waals surface area contributed by atoms with Gasteiger partial charge in [-0.1, -0.05) is 0 Å². The fourth-order valence-corrected chi connectivity index (χ4v) is 1.72. The predicted octanol–water partition coefficient (Wildman–Crippen LogP) is 2.17. The van der Waals surface area contributed by atoms with Gasteiger partial charge >= 0.3 is 6.18 Å². The number of piperidine rings is 1. The van der Waals surface area contributed by atoms with Crippen LogP contribution in [0.2, 0.25) is 0 Å². The van der Waals surface area contributed by atoms with Crippen LogP contribution in [0.4, 0.5) is 13.2 Å². The smallest absolute Gasteiger partial charge is 0.296 e. The highest BCUT2D eigenvalue weighted by atomic mass is 19.4. The number of hydrogen-bond donors (Lipinski definition) is 1. The van der Waals surface area contributed by atoms with E-state index in [2.05, 4.69) is 10.4 Å². The minimum absolute atomic E-state index is 0.0881. The van der Waals surface area contributed by atoms with Gasteiger partial charge in [-0.25, -0.2) is 0 Å². The fraction of sp³-hybridized carbons (Fsp3) is 0.667. The molecule has 0 bridgehead atoms. The van der Waals surface area contributed by atoms with Crippen LogP contribution in [0, 0.1) is 0 Å². The summed E-state index contributed by atoms with van der Waals surface area (Å²) in [6.07, 6.45) is -0.122. The van der Waals surface area contributed by atoms with E-state index < -0.39 is 11.9 Å². The van der Waals surface area contributed by atoms with Crippen LogP contribution in [-0.2, 0) is 6.18 Å². The first kappa shape index (κ1) is 10.5. The molecule has 0 amide bonds. The highest BCUT2D eigenvalue weighted by Gasteiger charge is 2.34. The third kappa shape index (κ3) is 2.31. The Morgan fingerprint density at radius 2 is 2.20 bits per heavy atom. The van der Waals surface area contributed by atoms with Gasteiger partial charge in [0, 0.05) is 6.20 Å². The summed E-state index contributed by atoms with van der Waals surface area (Å²) in [5.74, 6) is 0. The molecule has 0 radical (unpaired) electrons. The molecule has 2 rings (SSSR count). The molecule has 0 aliphatic carbocycles. The van der Waals surface area contributed by atoms with Crippen molar-refractivity contribution in [1.82, 2.24) is 15.1 Å². The van der Waals surface area contributed by atoms with E-state index in [1.807, 2.05) is 0 Å². The molecular weight excluding hydrogens is 207 g/mol. The summed E-state index contributed by atoms with van der Waals surface area (Å²) in [5, 5.41) is 6.67. The summed E-state index contributed by atoms with van der Waals surface area (Å²) in [5.41, 5.74) is -0.824. The lowest BCUT2D eigenvalue weighted by Crippen LogP contribution is -2.31. The van der Waals surface area contributed by atoms with E-state index in [0.29, 0.717) is 0 Å². The van der Waals surface area contributed by atoms with Crippen molar-refractivity contribution >= 4 is 0 Å². The van der Waals surface area contributed by atoms with Crippen LogP contribution in [0.3, 0.4) is 0 Å². The minimum atomic E-state index is -4.35. The quantitative estimate of drug-likeness (QED) is 0.784. The Kier molecular flexibility index (Phi) is 2.68. The Morgan fingerprint density at radius 3 is 2.73 bits per heavy atom. The second-order valence-corrected chi connectivity index (χ2v) is 3.64. The van der Waals surface area contributed by atoms with Crippen molar-refractivity contribution in [3.8, 4) is 0 Å². The molecule has 1 N–H and O–H groups in total. The molecular formula is C9H12F3N3. The number of alkyl halides is 3. The van der Waals surface area contributed by atoms with Gasteiger partial charge in [-0.2, -0.15) is 18.3 Å². The van der Waals surface area contributed by atoms with Gasteiger partial charge in [0.2, 0.25) is 0 Å². The maximum atomic E-state index is 12.3. The summed E-state index contributed by atoms with van der Waals surface area (Å²) in [4.78, 5) is 0. The van der Waals surface area contributed by atoms with E-state index in [1.165, 1.54) is 10.9 Å². The Balaban J connectivity index is 2.12. The zero-order valence-electron chi connectivity index (χ0n) is 8.09. The lowest BCUT2D eigenvalue weighted by Gasteiger charge is -2.23. The van der Waals surface area contributed by atoms with E-state index >= 15 is 0 Å². The Labute approximate surface area is 85.3 Å². The molecule has 0 aromatic carbocycles. The third-order valence-electron chi connectivity index (χ3n) is 2.50. The molecule has 1 aliphatic rings. The molecule has 1 fully saturated rings. The van der Waals surface area contributed by atoms with Gasteiger partial charge in [-0.15, -0.1) is 0 Å². The first-order chi connectivity index (χ1) is 7.07. The molecule has 1 atom stereocenters. The van der Waals surface area contributed by atoms with Crippen LogP contribution >= 0.6 is 0 Å². The Hall–Kier alpha value is -1.04. The Bertz CT molecular complexity index is 326. The van der Waals surface area contributed by atoms with Crippen molar-refractivity contribution in [3.05, 3.63) is 18.0 Å². The van der Waals surface area contributed by atoms with E-state index in [-0.39, 0.29) is 6.17 Å². The van der Waals surface area contributed by atoms with Gasteiger partial charge in [0.05, 0.1) is 0 Å². The summed E-state index contributed by atoms with van der Waals surface area (Å²) in [6, 6.07) is 1.01. The first-order valence-electron chi connectivity index (χ1n) is 4.93. The van der Waals surface area contributed by atoms with Crippen molar-refractivity contribution in [2.24, 2.45) is 0 Å². The summed E-state index contributed by atoms with van der Waals surface area (Å²) in [7, 11) is 0. The van der Waals surface area contributed by atoms with Gasteiger partial charge in [-0.3, -0.25) is 10.00 Å². The largest absolute Gasteiger partial charge is 0.435 e. The average Bonchev–Trinajstić information content (AvgIpc) is 2.67. The molecule has 1 aromatic heterocycles. The maximum absolute atomic E-state index is 12.3. The van der Waals surface area contributed by atoms with Crippen LogP contribution in [-0.4, -0.2) is 16.3 Å². The molecule has 1 aromatic rings. The zero-order valence-corrected chi connectivity index (χ0v) is 8.09. The molecule has 84 valence electrons. The summed E-state index contributed by atoms with van der Waals surface area (Å²) >= 11 is 0. The number of nitrogens with one attached hydrogen (secondary N) is 1. The standard InChI is InChI=1S/C9H12F3N3/c10-9(11,12)7-4-6-15(14-7)8-3-1-2-5-13-8/h4,6,8,13H,1-3,5H2. The average molecular weight is 219 g/mol. The van der Waals surface area contributed by atoms with E-state index in [4.69, 9.17) is 0 Å². The van der Waals surface area contributed by atoms with Crippen molar-refractivity contribution in [3.63, 3.8) is 0 Å². The van der Waals surface area contributed by atoms with Crippen LogP contribution in [0.1, 0.15) is 31.1 Å². The van der Waals surface area contributed by atoms with Crippen molar-refractivity contribution in [2.75, 3.05) is 6.54 Å². The summed E-state index contributed by atoms with van der Waals surface area (Å²) < 4.78 is 38.2. The normalized spacial score (nSPS) is 23.0. The van der Waals surface area contributed by atoms with Crippen LogP contribution in [0.15, 0.2) is 12.3 Å². The third-order valence-corrected chi connectivity index (χ3v) is 2.50. The molecule has 1 unspecified atom stereocenters. The molecule has 15 heavy (non-hydrogen) atoms. The minimum Gasteiger partial charge on any atom is -0.296 e. The molecule has 3 nitrogen and oxygen atoms in total. The number of nitrogens with zero attached hydrogens (tertiary/aromatic N) is 2. The van der Waals surface area contributed by atoms with E-state index in [1.54, 1.807) is 0 Å². The van der Waals surface area contributed by atoms with E-state index in [9.17, 15) is 13.2 Å². The monoisotopic (exact) mass is 219 g/mol. The zero-order chi connectivity index (χ0) is 10.9. The lowest BCUT2D eigenvalue weighted by atomic mass is 10.1. The number of halogens is 3. The molecule has 0 saturated carbocycles. The topological polar surface area (TPSA) is 29.9 Å². The highest BCUT2D eigenvalue weighted by Crippen LogP contribution is 2.28.